The largest absolute Gasteiger partial charge is 0.497 e. The second-order valence-corrected chi connectivity index (χ2v) is 6.86. The van der Waals surface area contributed by atoms with Crippen LogP contribution in [0.5, 0.6) is 5.75 Å². The first-order chi connectivity index (χ1) is 12.7. The Kier molecular flexibility index (Phi) is 3.13. The fourth-order valence-corrected chi connectivity index (χ4v) is 4.05. The number of rotatable bonds is 1. The molecule has 3 aromatic carbocycles. The molecule has 0 bridgehead atoms. The van der Waals surface area contributed by atoms with Crippen LogP contribution in [0.2, 0.25) is 0 Å². The van der Waals surface area contributed by atoms with Gasteiger partial charge in [-0.1, -0.05) is 30.3 Å². The van der Waals surface area contributed by atoms with Crippen molar-refractivity contribution in [1.29, 1.82) is 0 Å². The summed E-state index contributed by atoms with van der Waals surface area (Å²) in [5, 5.41) is 0. The normalized spacial score (nSPS) is 14.2. The number of carbonyl (C=O) groups excluding carboxylic acids is 2. The summed E-state index contributed by atoms with van der Waals surface area (Å²) in [6, 6.07) is 17.2. The van der Waals surface area contributed by atoms with Crippen molar-refractivity contribution >= 4 is 11.6 Å². The van der Waals surface area contributed by atoms with Crippen molar-refractivity contribution in [2.75, 3.05) is 7.11 Å². The number of methoxy groups -OCH3 is 1. The quantitative estimate of drug-likeness (QED) is 0.464. The average molecular weight is 340 g/mol. The molecule has 0 N–H and O–H groups in total. The van der Waals surface area contributed by atoms with Gasteiger partial charge in [-0.3, -0.25) is 9.59 Å². The van der Waals surface area contributed by atoms with Gasteiger partial charge in [0.25, 0.3) is 0 Å². The van der Waals surface area contributed by atoms with Crippen LogP contribution >= 0.6 is 0 Å². The molecule has 3 heteroatoms. The Morgan fingerprint density at radius 3 is 1.92 bits per heavy atom. The number of ketones is 2. The third kappa shape index (κ3) is 2.07. The Labute approximate surface area is 151 Å². The van der Waals surface area contributed by atoms with Crippen LogP contribution in [-0.4, -0.2) is 18.7 Å². The molecule has 0 aliphatic heterocycles. The molecule has 0 aromatic heterocycles. The van der Waals surface area contributed by atoms with Gasteiger partial charge in [0, 0.05) is 22.3 Å². The Balaban J connectivity index is 1.65. The SMILES string of the molecule is COc1ccc2c(c1)C(=O)c1cc3c(cc1C2)C(=O)c1ccccc1C3. The molecular formula is C23H16O3. The summed E-state index contributed by atoms with van der Waals surface area (Å²) in [5.74, 6) is 0.745. The summed E-state index contributed by atoms with van der Waals surface area (Å²) < 4.78 is 5.26. The molecule has 5 rings (SSSR count). The molecule has 126 valence electrons. The van der Waals surface area contributed by atoms with Gasteiger partial charge in [-0.2, -0.15) is 0 Å². The maximum atomic E-state index is 13.0. The third-order valence-electron chi connectivity index (χ3n) is 5.40. The second-order valence-electron chi connectivity index (χ2n) is 6.86. The highest BCUT2D eigenvalue weighted by atomic mass is 16.5. The molecule has 2 aliphatic rings. The van der Waals surface area contributed by atoms with Crippen molar-refractivity contribution in [3.63, 3.8) is 0 Å². The summed E-state index contributed by atoms with van der Waals surface area (Å²) in [4.78, 5) is 26.0. The van der Waals surface area contributed by atoms with Crippen molar-refractivity contribution in [2.24, 2.45) is 0 Å². The van der Waals surface area contributed by atoms with E-state index in [1.54, 1.807) is 13.2 Å². The molecule has 0 unspecified atom stereocenters. The summed E-state index contributed by atoms with van der Waals surface area (Å²) in [6.45, 7) is 0. The summed E-state index contributed by atoms with van der Waals surface area (Å²) in [7, 11) is 1.60. The lowest BCUT2D eigenvalue weighted by Crippen LogP contribution is -2.20. The third-order valence-corrected chi connectivity index (χ3v) is 5.40. The van der Waals surface area contributed by atoms with Gasteiger partial charge in [0.2, 0.25) is 0 Å². The number of hydrogen-bond donors (Lipinski definition) is 0. The Hall–Kier alpha value is -3.20. The molecule has 3 nitrogen and oxygen atoms in total. The van der Waals surface area contributed by atoms with E-state index in [0.717, 1.165) is 33.4 Å². The fraction of sp³-hybridized carbons (Fsp3) is 0.130. The van der Waals surface area contributed by atoms with Crippen LogP contribution < -0.4 is 4.74 Å². The van der Waals surface area contributed by atoms with Crippen molar-refractivity contribution in [1.82, 2.24) is 0 Å². The van der Waals surface area contributed by atoms with Crippen LogP contribution in [0.1, 0.15) is 54.1 Å². The first-order valence-electron chi connectivity index (χ1n) is 8.65. The summed E-state index contributed by atoms with van der Waals surface area (Å²) in [5.41, 5.74) is 6.77. The first-order valence-corrected chi connectivity index (χ1v) is 8.65. The molecule has 0 amide bonds. The number of benzene rings is 3. The van der Waals surface area contributed by atoms with Gasteiger partial charge in [0.1, 0.15) is 5.75 Å². The first kappa shape index (κ1) is 15.1. The Morgan fingerprint density at radius 1 is 0.654 bits per heavy atom. The minimum Gasteiger partial charge on any atom is -0.497 e. The molecule has 26 heavy (non-hydrogen) atoms. The van der Waals surface area contributed by atoms with E-state index in [-0.39, 0.29) is 11.6 Å². The number of fused-ring (bicyclic) bond motifs is 4. The van der Waals surface area contributed by atoms with Gasteiger partial charge in [-0.05, 0) is 59.4 Å². The molecule has 0 fully saturated rings. The van der Waals surface area contributed by atoms with Gasteiger partial charge < -0.3 is 4.74 Å². The van der Waals surface area contributed by atoms with Crippen molar-refractivity contribution in [2.45, 2.75) is 12.8 Å². The highest BCUT2D eigenvalue weighted by molar-refractivity contribution is 6.16. The maximum Gasteiger partial charge on any atom is 0.193 e. The lowest BCUT2D eigenvalue weighted by Gasteiger charge is -2.24. The van der Waals surface area contributed by atoms with E-state index in [2.05, 4.69) is 0 Å². The summed E-state index contributed by atoms with van der Waals surface area (Å²) >= 11 is 0. The van der Waals surface area contributed by atoms with Crippen LogP contribution in [0.3, 0.4) is 0 Å². The predicted octanol–water partition coefficient (Wildman–Crippen LogP) is 3.97. The van der Waals surface area contributed by atoms with Crippen LogP contribution in [-0.2, 0) is 12.8 Å². The van der Waals surface area contributed by atoms with Crippen molar-refractivity contribution < 1.29 is 14.3 Å². The van der Waals surface area contributed by atoms with Gasteiger partial charge in [0.15, 0.2) is 11.6 Å². The minimum absolute atomic E-state index is 0.00857. The lowest BCUT2D eigenvalue weighted by atomic mass is 9.78. The maximum absolute atomic E-state index is 13.0. The highest BCUT2D eigenvalue weighted by Crippen LogP contribution is 2.35. The van der Waals surface area contributed by atoms with E-state index in [4.69, 9.17) is 4.74 Å². The minimum atomic E-state index is 0.00857. The van der Waals surface area contributed by atoms with E-state index < -0.39 is 0 Å². The zero-order chi connectivity index (χ0) is 17.8. The number of carbonyl (C=O) groups is 2. The van der Waals surface area contributed by atoms with Gasteiger partial charge >= 0.3 is 0 Å². The molecule has 0 radical (unpaired) electrons. The zero-order valence-electron chi connectivity index (χ0n) is 14.3. The smallest absolute Gasteiger partial charge is 0.193 e. The molecule has 2 aliphatic carbocycles. The standard InChI is InChI=1S/C23H16O3/c1-26-17-7-6-14-9-16-10-19-15(11-20(16)23(25)21(14)12-17)8-13-4-2-3-5-18(13)22(19)24/h2-7,10-12H,8-9H2,1H3. The average Bonchev–Trinajstić information content (AvgIpc) is 2.67. The van der Waals surface area contributed by atoms with Gasteiger partial charge in [-0.25, -0.2) is 0 Å². The van der Waals surface area contributed by atoms with Crippen LogP contribution in [0.15, 0.2) is 54.6 Å². The van der Waals surface area contributed by atoms with E-state index >= 15 is 0 Å². The van der Waals surface area contributed by atoms with Gasteiger partial charge in [0.05, 0.1) is 7.11 Å². The van der Waals surface area contributed by atoms with E-state index in [1.165, 1.54) is 0 Å². The molecule has 0 saturated carbocycles. The lowest BCUT2D eigenvalue weighted by molar-refractivity contribution is 0.102. The van der Waals surface area contributed by atoms with Crippen LogP contribution in [0.25, 0.3) is 0 Å². The van der Waals surface area contributed by atoms with Crippen LogP contribution in [0, 0.1) is 0 Å². The molecular weight excluding hydrogens is 324 g/mol. The summed E-state index contributed by atoms with van der Waals surface area (Å²) in [6.07, 6.45) is 1.34. The van der Waals surface area contributed by atoms with Crippen molar-refractivity contribution in [3.8, 4) is 5.75 Å². The van der Waals surface area contributed by atoms with Gasteiger partial charge in [-0.15, -0.1) is 0 Å². The van der Waals surface area contributed by atoms with Crippen LogP contribution in [0.4, 0.5) is 0 Å². The second kappa shape index (κ2) is 5.40. The molecule has 0 spiro atoms. The number of ether oxygens (including phenoxy) is 1. The molecule has 0 atom stereocenters. The predicted molar refractivity (Wildman–Crippen MR) is 98.4 cm³/mol. The highest BCUT2D eigenvalue weighted by Gasteiger charge is 2.29. The monoisotopic (exact) mass is 340 g/mol. The molecule has 0 saturated heterocycles. The van der Waals surface area contributed by atoms with E-state index in [0.29, 0.717) is 29.7 Å². The Bertz CT molecular complexity index is 1110. The van der Waals surface area contributed by atoms with Crippen molar-refractivity contribution in [3.05, 3.63) is 99.1 Å². The zero-order valence-corrected chi connectivity index (χ0v) is 14.3. The Morgan fingerprint density at radius 2 is 1.23 bits per heavy atom. The topological polar surface area (TPSA) is 43.4 Å². The molecule has 3 aromatic rings. The van der Waals surface area contributed by atoms with E-state index in [1.807, 2.05) is 48.5 Å². The molecule has 0 heterocycles. The van der Waals surface area contributed by atoms with E-state index in [9.17, 15) is 9.59 Å². The fourth-order valence-electron chi connectivity index (χ4n) is 4.05. The number of hydrogen-bond acceptors (Lipinski definition) is 3.